The Kier molecular flexibility index (Phi) is 3.98. The predicted octanol–water partition coefficient (Wildman–Crippen LogP) is 2.09. The first kappa shape index (κ1) is 13.9. The van der Waals surface area contributed by atoms with Gasteiger partial charge in [0, 0.05) is 29.0 Å². The van der Waals surface area contributed by atoms with Crippen LogP contribution in [0, 0.1) is 0 Å². The molecule has 0 aromatic heterocycles. The summed E-state index contributed by atoms with van der Waals surface area (Å²) in [5, 5.41) is 3.01. The summed E-state index contributed by atoms with van der Waals surface area (Å²) in [6.45, 7) is 1.91. The van der Waals surface area contributed by atoms with Crippen molar-refractivity contribution in [2.75, 3.05) is 20.2 Å². The van der Waals surface area contributed by atoms with Gasteiger partial charge in [-0.1, -0.05) is 15.9 Å². The van der Waals surface area contributed by atoms with Gasteiger partial charge in [0.15, 0.2) is 0 Å². The summed E-state index contributed by atoms with van der Waals surface area (Å²) in [6, 6.07) is 4.62. The first-order valence-corrected chi connectivity index (χ1v) is 7.83. The molecule has 1 amide bonds. The van der Waals surface area contributed by atoms with Gasteiger partial charge in [-0.05, 0) is 37.6 Å². The first-order valence-electron chi connectivity index (χ1n) is 7.04. The average molecular weight is 339 g/mol. The summed E-state index contributed by atoms with van der Waals surface area (Å²) in [6.07, 6.45) is 3.22. The van der Waals surface area contributed by atoms with Gasteiger partial charge in [0.1, 0.15) is 5.75 Å². The van der Waals surface area contributed by atoms with Gasteiger partial charge >= 0.3 is 0 Å². The number of carbonyl (C=O) groups excluding carboxylic acids is 1. The molecule has 0 saturated heterocycles. The predicted molar refractivity (Wildman–Crippen MR) is 80.8 cm³/mol. The van der Waals surface area contributed by atoms with Crippen LogP contribution in [0.4, 0.5) is 0 Å². The molecule has 3 rings (SSSR count). The molecule has 20 heavy (non-hydrogen) atoms. The minimum Gasteiger partial charge on any atom is -0.493 e. The maximum absolute atomic E-state index is 11.8. The van der Waals surface area contributed by atoms with Crippen molar-refractivity contribution in [2.45, 2.75) is 31.8 Å². The third-order valence-electron chi connectivity index (χ3n) is 3.62. The van der Waals surface area contributed by atoms with E-state index in [2.05, 4.69) is 33.4 Å². The molecule has 0 atom stereocenters. The lowest BCUT2D eigenvalue weighted by atomic mass is 10.1. The quantitative estimate of drug-likeness (QED) is 0.893. The van der Waals surface area contributed by atoms with Gasteiger partial charge in [-0.15, -0.1) is 0 Å². The van der Waals surface area contributed by atoms with Crippen LogP contribution in [0.25, 0.3) is 0 Å². The smallest absolute Gasteiger partial charge is 0.234 e. The fourth-order valence-corrected chi connectivity index (χ4v) is 3.11. The second kappa shape index (κ2) is 5.74. The highest BCUT2D eigenvalue weighted by molar-refractivity contribution is 9.10. The Labute approximate surface area is 127 Å². The van der Waals surface area contributed by atoms with Gasteiger partial charge in [-0.25, -0.2) is 0 Å². The van der Waals surface area contributed by atoms with E-state index < -0.39 is 0 Å². The molecule has 1 heterocycles. The summed E-state index contributed by atoms with van der Waals surface area (Å²) in [5.74, 6) is 1.12. The number of halogens is 1. The van der Waals surface area contributed by atoms with Crippen molar-refractivity contribution in [3.63, 3.8) is 0 Å². The highest BCUT2D eigenvalue weighted by Crippen LogP contribution is 2.33. The monoisotopic (exact) mass is 338 g/mol. The van der Waals surface area contributed by atoms with Crippen molar-refractivity contribution in [3.8, 4) is 5.75 Å². The number of likely N-dealkylation sites (N-methyl/N-ethyl adjacent to an activating group) is 1. The van der Waals surface area contributed by atoms with Crippen molar-refractivity contribution in [2.24, 2.45) is 0 Å². The van der Waals surface area contributed by atoms with E-state index in [1.165, 1.54) is 5.56 Å². The Balaban J connectivity index is 1.63. The summed E-state index contributed by atoms with van der Waals surface area (Å²) < 4.78 is 6.79. The summed E-state index contributed by atoms with van der Waals surface area (Å²) in [5.41, 5.74) is 2.40. The topological polar surface area (TPSA) is 41.6 Å². The van der Waals surface area contributed by atoms with E-state index in [4.69, 9.17) is 4.74 Å². The molecule has 108 valence electrons. The molecule has 0 radical (unpaired) electrons. The van der Waals surface area contributed by atoms with Gasteiger partial charge < -0.3 is 10.1 Å². The minimum atomic E-state index is 0.113. The van der Waals surface area contributed by atoms with E-state index in [0.717, 1.165) is 48.2 Å². The number of ether oxygens (including phenoxy) is 1. The fraction of sp³-hybridized carbons (Fsp3) is 0.533. The number of rotatable bonds is 5. The van der Waals surface area contributed by atoms with E-state index >= 15 is 0 Å². The third kappa shape index (κ3) is 3.33. The number of carbonyl (C=O) groups is 1. The van der Waals surface area contributed by atoms with Crippen LogP contribution in [-0.4, -0.2) is 37.0 Å². The van der Waals surface area contributed by atoms with E-state index in [0.29, 0.717) is 12.6 Å². The van der Waals surface area contributed by atoms with Crippen LogP contribution in [0.3, 0.4) is 0 Å². The number of nitrogens with one attached hydrogen (secondary N) is 1. The molecule has 1 fully saturated rings. The van der Waals surface area contributed by atoms with Crippen molar-refractivity contribution in [1.29, 1.82) is 0 Å². The zero-order chi connectivity index (χ0) is 14.1. The standard InChI is InChI=1S/C15H19BrN2O2/c1-18(9-14(19)17-13-2-3-13)8-11-7-12(16)6-10-4-5-20-15(10)11/h6-7,13H,2-5,8-9H2,1H3,(H,17,19). The van der Waals surface area contributed by atoms with Gasteiger partial charge in [0.2, 0.25) is 5.91 Å². The highest BCUT2D eigenvalue weighted by Gasteiger charge is 2.24. The molecule has 4 nitrogen and oxygen atoms in total. The zero-order valence-corrected chi connectivity index (χ0v) is 13.2. The number of benzene rings is 1. The number of hydrogen-bond donors (Lipinski definition) is 1. The Morgan fingerprint density at radius 3 is 3.05 bits per heavy atom. The van der Waals surface area contributed by atoms with Crippen molar-refractivity contribution in [1.82, 2.24) is 10.2 Å². The second-order valence-electron chi connectivity index (χ2n) is 5.67. The molecule has 0 bridgehead atoms. The lowest BCUT2D eigenvalue weighted by Crippen LogP contribution is -2.36. The molecule has 1 N–H and O–H groups in total. The van der Waals surface area contributed by atoms with Crippen molar-refractivity contribution >= 4 is 21.8 Å². The largest absolute Gasteiger partial charge is 0.493 e. The molecule has 1 aromatic carbocycles. The first-order chi connectivity index (χ1) is 9.61. The number of hydrogen-bond acceptors (Lipinski definition) is 3. The Hall–Kier alpha value is -1.07. The maximum Gasteiger partial charge on any atom is 0.234 e. The van der Waals surface area contributed by atoms with Crippen LogP contribution in [0.1, 0.15) is 24.0 Å². The highest BCUT2D eigenvalue weighted by atomic mass is 79.9. The summed E-state index contributed by atoms with van der Waals surface area (Å²) in [7, 11) is 1.97. The van der Waals surface area contributed by atoms with Gasteiger partial charge in [-0.3, -0.25) is 9.69 Å². The van der Waals surface area contributed by atoms with E-state index in [9.17, 15) is 4.79 Å². The van der Waals surface area contributed by atoms with E-state index in [-0.39, 0.29) is 5.91 Å². The number of fused-ring (bicyclic) bond motifs is 1. The van der Waals surface area contributed by atoms with Crippen LogP contribution in [-0.2, 0) is 17.8 Å². The molecule has 2 aliphatic rings. The zero-order valence-electron chi connectivity index (χ0n) is 11.6. The number of amides is 1. The molecule has 0 spiro atoms. The van der Waals surface area contributed by atoms with Gasteiger partial charge in [0.05, 0.1) is 13.2 Å². The van der Waals surface area contributed by atoms with Gasteiger partial charge in [0.25, 0.3) is 0 Å². The Morgan fingerprint density at radius 1 is 1.50 bits per heavy atom. The molecule has 0 unspecified atom stereocenters. The minimum absolute atomic E-state index is 0.113. The fourth-order valence-electron chi connectivity index (χ4n) is 2.56. The summed E-state index contributed by atoms with van der Waals surface area (Å²) >= 11 is 3.54. The molecular weight excluding hydrogens is 320 g/mol. The molecule has 1 aliphatic carbocycles. The van der Waals surface area contributed by atoms with Crippen molar-refractivity contribution in [3.05, 3.63) is 27.7 Å². The molecule has 1 saturated carbocycles. The Bertz CT molecular complexity index is 529. The second-order valence-corrected chi connectivity index (χ2v) is 6.58. The average Bonchev–Trinajstić information content (AvgIpc) is 3.03. The lowest BCUT2D eigenvalue weighted by Gasteiger charge is -2.18. The molecule has 1 aliphatic heterocycles. The summed E-state index contributed by atoms with van der Waals surface area (Å²) in [4.78, 5) is 13.8. The van der Waals surface area contributed by atoms with Crippen LogP contribution in [0.2, 0.25) is 0 Å². The molecule has 5 heteroatoms. The van der Waals surface area contributed by atoms with Crippen molar-refractivity contribution < 1.29 is 9.53 Å². The van der Waals surface area contributed by atoms with E-state index in [1.807, 2.05) is 11.9 Å². The maximum atomic E-state index is 11.8. The molecular formula is C15H19BrN2O2. The van der Waals surface area contributed by atoms with Crippen LogP contribution < -0.4 is 10.1 Å². The van der Waals surface area contributed by atoms with Gasteiger partial charge in [-0.2, -0.15) is 0 Å². The van der Waals surface area contributed by atoms with Crippen LogP contribution in [0.5, 0.6) is 5.75 Å². The Morgan fingerprint density at radius 2 is 2.30 bits per heavy atom. The third-order valence-corrected chi connectivity index (χ3v) is 4.08. The van der Waals surface area contributed by atoms with Crippen LogP contribution >= 0.6 is 15.9 Å². The van der Waals surface area contributed by atoms with E-state index in [1.54, 1.807) is 0 Å². The number of nitrogens with zero attached hydrogens (tertiary/aromatic N) is 1. The van der Waals surface area contributed by atoms with Crippen LogP contribution in [0.15, 0.2) is 16.6 Å². The SMILES string of the molecule is CN(CC(=O)NC1CC1)Cc1cc(Br)cc2c1OCC2. The normalized spacial score (nSPS) is 16.9. The lowest BCUT2D eigenvalue weighted by molar-refractivity contribution is -0.122. The molecule has 1 aromatic rings.